The highest BCUT2D eigenvalue weighted by molar-refractivity contribution is 8.01. The Labute approximate surface area is 164 Å². The molecule has 27 heavy (non-hydrogen) atoms. The maximum atomic E-state index is 12.4. The number of carbonyl (C=O) groups is 2. The molecule has 0 aliphatic rings. The summed E-state index contributed by atoms with van der Waals surface area (Å²) in [5.41, 5.74) is 0.918. The number of nitrogens with one attached hydrogen (secondary N) is 1. The van der Waals surface area contributed by atoms with Gasteiger partial charge in [0.15, 0.2) is 10.2 Å². The van der Waals surface area contributed by atoms with E-state index in [9.17, 15) is 9.59 Å². The first-order valence-corrected chi connectivity index (χ1v) is 9.92. The molecule has 0 spiro atoms. The van der Waals surface area contributed by atoms with Crippen molar-refractivity contribution < 1.29 is 14.3 Å². The number of hydrogen-bond donors (Lipinski definition) is 1. The second kappa shape index (κ2) is 8.78. The lowest BCUT2D eigenvalue weighted by molar-refractivity contribution is -0.113. The van der Waals surface area contributed by atoms with Crippen molar-refractivity contribution >= 4 is 40.8 Å². The molecule has 0 radical (unpaired) electrons. The number of anilines is 1. The van der Waals surface area contributed by atoms with E-state index in [0.717, 1.165) is 10.7 Å². The maximum absolute atomic E-state index is 12.4. The lowest BCUT2D eigenvalue weighted by Crippen LogP contribution is -2.19. The third-order valence-electron chi connectivity index (χ3n) is 3.36. The van der Waals surface area contributed by atoms with E-state index in [4.69, 9.17) is 4.74 Å². The molecule has 2 aromatic heterocycles. The summed E-state index contributed by atoms with van der Waals surface area (Å²) in [4.78, 5) is 24.7. The molecule has 0 aliphatic heterocycles. The van der Waals surface area contributed by atoms with Gasteiger partial charge in [-0.05, 0) is 26.0 Å². The summed E-state index contributed by atoms with van der Waals surface area (Å²) in [5, 5.41) is 15.7. The molecule has 140 valence electrons. The number of rotatable bonds is 7. The maximum Gasteiger partial charge on any atom is 0.343 e. The molecule has 8 nitrogen and oxygen atoms in total. The predicted molar refractivity (Wildman–Crippen MR) is 104 cm³/mol. The van der Waals surface area contributed by atoms with Crippen molar-refractivity contribution in [3.05, 3.63) is 47.1 Å². The molecule has 2 heterocycles. The average molecular weight is 403 g/mol. The van der Waals surface area contributed by atoms with E-state index in [1.807, 2.05) is 37.3 Å². The molecule has 3 aromatic rings. The van der Waals surface area contributed by atoms with Gasteiger partial charge in [0.25, 0.3) is 0 Å². The normalized spacial score (nSPS) is 10.6. The van der Waals surface area contributed by atoms with E-state index >= 15 is 0 Å². The number of aryl methyl sites for hydroxylation is 1. The second-order valence-electron chi connectivity index (χ2n) is 5.30. The molecule has 3 rings (SSSR count). The van der Waals surface area contributed by atoms with Gasteiger partial charge in [-0.25, -0.2) is 9.48 Å². The Morgan fingerprint density at radius 2 is 2.04 bits per heavy atom. The molecule has 1 amide bonds. The zero-order valence-electron chi connectivity index (χ0n) is 14.7. The van der Waals surface area contributed by atoms with Crippen molar-refractivity contribution in [3.8, 4) is 5.69 Å². The molecular formula is C17H17N5O3S2. The fourth-order valence-electron chi connectivity index (χ4n) is 2.22. The van der Waals surface area contributed by atoms with E-state index in [1.165, 1.54) is 34.0 Å². The number of hydrogen-bond acceptors (Lipinski definition) is 8. The lowest BCUT2D eigenvalue weighted by Gasteiger charge is -2.10. The lowest BCUT2D eigenvalue weighted by atomic mass is 10.3. The van der Waals surface area contributed by atoms with Gasteiger partial charge >= 0.3 is 5.97 Å². The van der Waals surface area contributed by atoms with Gasteiger partial charge < -0.3 is 10.1 Å². The highest BCUT2D eigenvalue weighted by Crippen LogP contribution is 2.24. The van der Waals surface area contributed by atoms with E-state index in [1.54, 1.807) is 6.92 Å². The fourth-order valence-corrected chi connectivity index (χ4v) is 3.84. The first kappa shape index (κ1) is 19.1. The van der Waals surface area contributed by atoms with E-state index < -0.39 is 5.97 Å². The summed E-state index contributed by atoms with van der Waals surface area (Å²) in [6, 6.07) is 9.23. The monoisotopic (exact) mass is 403 g/mol. The topological polar surface area (TPSA) is 99.0 Å². The van der Waals surface area contributed by atoms with Gasteiger partial charge in [0.1, 0.15) is 10.6 Å². The largest absolute Gasteiger partial charge is 0.462 e. The van der Waals surface area contributed by atoms with Crippen molar-refractivity contribution in [2.45, 2.75) is 18.2 Å². The van der Waals surface area contributed by atoms with Crippen LogP contribution in [0.3, 0.4) is 0 Å². The number of amides is 1. The first-order chi connectivity index (χ1) is 13.1. The summed E-state index contributed by atoms with van der Waals surface area (Å²) >= 11 is 2.71. The third-order valence-corrected chi connectivity index (χ3v) is 5.33. The Hall–Kier alpha value is -2.72. The molecule has 0 saturated heterocycles. The van der Waals surface area contributed by atoms with Crippen LogP contribution in [0, 0.1) is 6.92 Å². The van der Waals surface area contributed by atoms with Crippen LogP contribution in [0.1, 0.15) is 22.3 Å². The molecule has 0 bridgehead atoms. The van der Waals surface area contributed by atoms with Crippen molar-refractivity contribution in [1.82, 2.24) is 20.0 Å². The summed E-state index contributed by atoms with van der Waals surface area (Å²) in [6.45, 7) is 3.80. The summed E-state index contributed by atoms with van der Waals surface area (Å²) < 4.78 is 7.28. The van der Waals surface area contributed by atoms with Crippen LogP contribution >= 0.6 is 23.1 Å². The number of aromatic nitrogens is 4. The third kappa shape index (κ3) is 4.72. The highest BCUT2D eigenvalue weighted by Gasteiger charge is 2.21. The van der Waals surface area contributed by atoms with Crippen molar-refractivity contribution in [1.29, 1.82) is 0 Å². The molecule has 0 unspecified atom stereocenters. The highest BCUT2D eigenvalue weighted by atomic mass is 32.2. The fraction of sp³-hybridized carbons (Fsp3) is 0.235. The summed E-state index contributed by atoms with van der Waals surface area (Å²) in [5.74, 6) is -0.409. The van der Waals surface area contributed by atoms with Crippen LogP contribution in [0.2, 0.25) is 0 Å². The van der Waals surface area contributed by atoms with Crippen LogP contribution in [-0.2, 0) is 9.53 Å². The van der Waals surface area contributed by atoms with Gasteiger partial charge in [0.2, 0.25) is 5.91 Å². The molecular weight excluding hydrogens is 386 g/mol. The Balaban J connectivity index is 1.81. The second-order valence-corrected chi connectivity index (χ2v) is 7.70. The van der Waals surface area contributed by atoms with Crippen molar-refractivity contribution in [3.63, 3.8) is 0 Å². The Morgan fingerprint density at radius 1 is 1.26 bits per heavy atom. The number of ether oxygens (including phenoxy) is 1. The number of esters is 1. The van der Waals surface area contributed by atoms with Crippen LogP contribution < -0.4 is 5.32 Å². The standard InChI is InChI=1S/C17H17N5O3S2/c1-3-25-16(24)13-9-18-22(12-7-5-4-6-8-12)15(13)19-14(23)10-26-17-21-20-11(2)27-17/h4-9H,3,10H2,1-2H3,(H,19,23). The van der Waals surface area contributed by atoms with Crippen LogP contribution in [0.25, 0.3) is 5.69 Å². The Bertz CT molecular complexity index is 939. The predicted octanol–water partition coefficient (Wildman–Crippen LogP) is 2.94. The first-order valence-electron chi connectivity index (χ1n) is 8.11. The minimum Gasteiger partial charge on any atom is -0.462 e. The van der Waals surface area contributed by atoms with Crippen molar-refractivity contribution in [2.24, 2.45) is 0 Å². The minimum atomic E-state index is -0.539. The van der Waals surface area contributed by atoms with Gasteiger partial charge in [0.05, 0.1) is 24.2 Å². The zero-order chi connectivity index (χ0) is 19.2. The van der Waals surface area contributed by atoms with Gasteiger partial charge in [-0.2, -0.15) is 5.10 Å². The van der Waals surface area contributed by atoms with Crippen molar-refractivity contribution in [2.75, 3.05) is 17.7 Å². The minimum absolute atomic E-state index is 0.136. The van der Waals surface area contributed by atoms with Gasteiger partial charge in [0, 0.05) is 0 Å². The summed E-state index contributed by atoms with van der Waals surface area (Å²) in [6.07, 6.45) is 1.39. The molecule has 0 aliphatic carbocycles. The molecule has 10 heteroatoms. The molecule has 1 N–H and O–H groups in total. The molecule has 1 aromatic carbocycles. The van der Waals surface area contributed by atoms with Gasteiger partial charge in [-0.3, -0.25) is 4.79 Å². The smallest absolute Gasteiger partial charge is 0.343 e. The van der Waals surface area contributed by atoms with Gasteiger partial charge in [-0.1, -0.05) is 41.3 Å². The Kier molecular flexibility index (Phi) is 6.20. The number of para-hydroxylation sites is 1. The van der Waals surface area contributed by atoms with E-state index in [0.29, 0.717) is 4.34 Å². The Morgan fingerprint density at radius 3 is 2.70 bits per heavy atom. The number of thioether (sulfide) groups is 1. The quantitative estimate of drug-likeness (QED) is 0.478. The SMILES string of the molecule is CCOC(=O)c1cnn(-c2ccccc2)c1NC(=O)CSc1nnc(C)s1. The van der Waals surface area contributed by atoms with E-state index in [-0.39, 0.29) is 29.6 Å². The number of benzene rings is 1. The van der Waals surface area contributed by atoms with Crippen LogP contribution in [0.5, 0.6) is 0 Å². The molecule has 0 saturated carbocycles. The molecule has 0 atom stereocenters. The summed E-state index contributed by atoms with van der Waals surface area (Å²) in [7, 11) is 0. The van der Waals surface area contributed by atoms with Crippen LogP contribution in [0.15, 0.2) is 40.9 Å². The average Bonchev–Trinajstić information content (AvgIpc) is 3.27. The molecule has 0 fully saturated rings. The van der Waals surface area contributed by atoms with Crippen LogP contribution in [-0.4, -0.2) is 44.2 Å². The number of nitrogens with zero attached hydrogens (tertiary/aromatic N) is 4. The van der Waals surface area contributed by atoms with E-state index in [2.05, 4.69) is 20.6 Å². The van der Waals surface area contributed by atoms with Gasteiger partial charge in [-0.15, -0.1) is 10.2 Å². The zero-order valence-corrected chi connectivity index (χ0v) is 16.3. The number of carbonyl (C=O) groups excluding carboxylic acids is 2. The van der Waals surface area contributed by atoms with Crippen LogP contribution in [0.4, 0.5) is 5.82 Å².